The predicted octanol–water partition coefficient (Wildman–Crippen LogP) is 4.42. The third-order valence-corrected chi connectivity index (χ3v) is 6.64. The molecule has 2 aromatic rings. The van der Waals surface area contributed by atoms with E-state index in [0.717, 1.165) is 48.6 Å². The third-order valence-electron chi connectivity index (χ3n) is 5.74. The SMILES string of the molecule is [2H]C([2H])([2H])C(C)(CC(=O)O[C@@H]1CN2CCC1CC2)c1csc(-c2ccc(C)cc2)n1. The van der Waals surface area contributed by atoms with E-state index in [0.29, 0.717) is 11.6 Å². The van der Waals surface area contributed by atoms with E-state index in [1.165, 1.54) is 11.3 Å². The lowest BCUT2D eigenvalue weighted by Crippen LogP contribution is -2.52. The first-order valence-corrected chi connectivity index (χ1v) is 10.5. The smallest absolute Gasteiger partial charge is 0.307 e. The molecule has 27 heavy (non-hydrogen) atoms. The van der Waals surface area contributed by atoms with Gasteiger partial charge in [-0.3, -0.25) is 9.69 Å². The number of carbonyl (C=O) groups is 1. The molecule has 1 aromatic carbocycles. The van der Waals surface area contributed by atoms with Crippen molar-refractivity contribution in [2.24, 2.45) is 5.92 Å². The van der Waals surface area contributed by atoms with E-state index in [-0.39, 0.29) is 12.5 Å². The molecule has 3 aliphatic rings. The zero-order chi connectivity index (χ0) is 21.5. The number of carbonyl (C=O) groups excluding carboxylic acids is 1. The van der Waals surface area contributed by atoms with Gasteiger partial charge in [0, 0.05) is 27.0 Å². The minimum absolute atomic E-state index is 0.126. The van der Waals surface area contributed by atoms with Gasteiger partial charge < -0.3 is 4.74 Å². The average molecular weight is 388 g/mol. The Balaban J connectivity index is 1.53. The van der Waals surface area contributed by atoms with Crippen LogP contribution in [0.1, 0.15) is 48.4 Å². The summed E-state index contributed by atoms with van der Waals surface area (Å²) in [6, 6.07) is 7.97. The summed E-state index contributed by atoms with van der Waals surface area (Å²) in [6.45, 7) is 4.13. The van der Waals surface area contributed by atoms with Crippen LogP contribution in [0.2, 0.25) is 0 Å². The number of rotatable bonds is 5. The summed E-state index contributed by atoms with van der Waals surface area (Å²) in [4.78, 5) is 19.8. The maximum Gasteiger partial charge on any atom is 0.307 e. The predicted molar refractivity (Wildman–Crippen MR) is 109 cm³/mol. The Morgan fingerprint density at radius 3 is 2.74 bits per heavy atom. The lowest BCUT2D eigenvalue weighted by Gasteiger charge is -2.44. The molecule has 0 radical (unpaired) electrons. The summed E-state index contributed by atoms with van der Waals surface area (Å²) < 4.78 is 30.2. The number of benzene rings is 1. The van der Waals surface area contributed by atoms with Gasteiger partial charge in [0.15, 0.2) is 0 Å². The van der Waals surface area contributed by atoms with Gasteiger partial charge in [0.1, 0.15) is 11.1 Å². The van der Waals surface area contributed by atoms with Crippen molar-refractivity contribution in [1.29, 1.82) is 0 Å². The Hall–Kier alpha value is -1.72. The maximum atomic E-state index is 12.8. The highest BCUT2D eigenvalue weighted by atomic mass is 32.1. The van der Waals surface area contributed by atoms with Crippen molar-refractivity contribution in [2.45, 2.75) is 51.5 Å². The minimum Gasteiger partial charge on any atom is -0.461 e. The van der Waals surface area contributed by atoms with Gasteiger partial charge in [-0.05, 0) is 38.8 Å². The van der Waals surface area contributed by atoms with Gasteiger partial charge in [-0.15, -0.1) is 11.3 Å². The zero-order valence-electron chi connectivity index (χ0n) is 18.9. The summed E-state index contributed by atoms with van der Waals surface area (Å²) in [6.07, 6.45) is 1.75. The molecule has 0 spiro atoms. The largest absolute Gasteiger partial charge is 0.461 e. The van der Waals surface area contributed by atoms with Gasteiger partial charge >= 0.3 is 5.97 Å². The molecule has 2 bridgehead atoms. The standard InChI is InChI=1S/C22H28N2O2S/c1-15-4-6-17(7-5-15)21-23-19(14-27-21)22(2,3)12-20(25)26-18-13-24-10-8-16(18)9-11-24/h4-7,14,16,18H,8-13H2,1-3H3/t18-/m1/s1/i2D3/t18-,22?. The number of hydrogen-bond acceptors (Lipinski definition) is 5. The van der Waals surface area contributed by atoms with E-state index in [1.54, 1.807) is 12.3 Å². The monoisotopic (exact) mass is 387 g/mol. The normalized spacial score (nSPS) is 28.7. The number of piperidine rings is 3. The molecular formula is C22H28N2O2S. The van der Waals surface area contributed by atoms with E-state index in [4.69, 9.17) is 8.85 Å². The Morgan fingerprint density at radius 2 is 2.11 bits per heavy atom. The molecule has 3 aliphatic heterocycles. The third kappa shape index (κ3) is 4.09. The summed E-state index contributed by atoms with van der Waals surface area (Å²) >= 11 is 1.40. The molecule has 144 valence electrons. The van der Waals surface area contributed by atoms with Gasteiger partial charge in [0.05, 0.1) is 12.1 Å². The highest BCUT2D eigenvalue weighted by Gasteiger charge is 2.37. The molecular weight excluding hydrogens is 356 g/mol. The van der Waals surface area contributed by atoms with E-state index in [9.17, 15) is 4.79 Å². The van der Waals surface area contributed by atoms with E-state index in [1.807, 2.05) is 31.2 Å². The summed E-state index contributed by atoms with van der Waals surface area (Å²) in [5.41, 5.74) is 1.13. The van der Waals surface area contributed by atoms with Gasteiger partial charge in [0.25, 0.3) is 0 Å². The first-order valence-electron chi connectivity index (χ1n) is 11.1. The number of aryl methyl sites for hydroxylation is 1. The van der Waals surface area contributed by atoms with Crippen LogP contribution in [0, 0.1) is 12.8 Å². The summed E-state index contributed by atoms with van der Waals surface area (Å²) in [7, 11) is 0. The van der Waals surface area contributed by atoms with Crippen LogP contribution < -0.4 is 0 Å². The molecule has 5 rings (SSSR count). The lowest BCUT2D eigenvalue weighted by molar-refractivity contribution is -0.160. The first kappa shape index (κ1) is 15.2. The van der Waals surface area contributed by atoms with Crippen molar-refractivity contribution in [3.8, 4) is 10.6 Å². The lowest BCUT2D eigenvalue weighted by atomic mass is 9.85. The van der Waals surface area contributed by atoms with Crippen LogP contribution in [0.3, 0.4) is 0 Å². The van der Waals surface area contributed by atoms with Crippen LogP contribution >= 0.6 is 11.3 Å². The van der Waals surface area contributed by atoms with E-state index < -0.39 is 18.2 Å². The minimum atomic E-state index is -2.38. The van der Waals surface area contributed by atoms with Crippen molar-refractivity contribution < 1.29 is 13.6 Å². The van der Waals surface area contributed by atoms with Crippen molar-refractivity contribution >= 4 is 17.3 Å². The van der Waals surface area contributed by atoms with Gasteiger partial charge in [-0.25, -0.2) is 4.98 Å². The molecule has 3 saturated heterocycles. The van der Waals surface area contributed by atoms with Crippen LogP contribution in [0.25, 0.3) is 10.6 Å². The Bertz CT molecular complexity index is 904. The van der Waals surface area contributed by atoms with Crippen LogP contribution in [0.5, 0.6) is 0 Å². The maximum absolute atomic E-state index is 12.8. The molecule has 1 unspecified atom stereocenters. The van der Waals surface area contributed by atoms with E-state index in [2.05, 4.69) is 9.88 Å². The highest BCUT2D eigenvalue weighted by molar-refractivity contribution is 7.13. The Kier molecular flexibility index (Phi) is 4.15. The van der Waals surface area contributed by atoms with Crippen LogP contribution in [-0.2, 0) is 14.9 Å². The number of aromatic nitrogens is 1. The molecule has 4 heterocycles. The zero-order valence-corrected chi connectivity index (χ0v) is 16.7. The number of hydrogen-bond donors (Lipinski definition) is 0. The van der Waals surface area contributed by atoms with Gasteiger partial charge in [-0.2, -0.15) is 0 Å². The molecule has 2 atom stereocenters. The van der Waals surface area contributed by atoms with Crippen molar-refractivity contribution in [1.82, 2.24) is 9.88 Å². The Labute approximate surface area is 169 Å². The summed E-state index contributed by atoms with van der Waals surface area (Å²) in [5, 5.41) is 2.52. The number of esters is 1. The second-order valence-corrected chi connectivity index (χ2v) is 8.94. The van der Waals surface area contributed by atoms with Gasteiger partial charge in [0.2, 0.25) is 0 Å². The average Bonchev–Trinajstić information content (AvgIpc) is 3.19. The molecule has 0 amide bonds. The second-order valence-electron chi connectivity index (χ2n) is 8.08. The molecule has 0 aliphatic carbocycles. The van der Waals surface area contributed by atoms with Crippen molar-refractivity contribution in [2.75, 3.05) is 19.6 Å². The number of ether oxygens (including phenoxy) is 1. The highest BCUT2D eigenvalue weighted by Crippen LogP contribution is 2.34. The molecule has 4 nitrogen and oxygen atoms in total. The molecule has 0 saturated carbocycles. The van der Waals surface area contributed by atoms with Crippen LogP contribution in [0.15, 0.2) is 29.6 Å². The summed E-state index contributed by atoms with van der Waals surface area (Å²) in [5.74, 6) is -0.0531. The van der Waals surface area contributed by atoms with Gasteiger partial charge in [-0.1, -0.05) is 43.6 Å². The fourth-order valence-electron chi connectivity index (χ4n) is 3.99. The molecule has 5 heteroatoms. The van der Waals surface area contributed by atoms with Crippen LogP contribution in [0.4, 0.5) is 0 Å². The van der Waals surface area contributed by atoms with Crippen molar-refractivity contribution in [3.63, 3.8) is 0 Å². The Morgan fingerprint density at radius 1 is 1.37 bits per heavy atom. The number of fused-ring (bicyclic) bond motifs is 3. The molecule has 3 fully saturated rings. The molecule has 0 N–H and O–H groups in total. The first-order chi connectivity index (χ1) is 14.2. The fraction of sp³-hybridized carbons (Fsp3) is 0.545. The van der Waals surface area contributed by atoms with E-state index >= 15 is 0 Å². The topological polar surface area (TPSA) is 42.4 Å². The quantitative estimate of drug-likeness (QED) is 0.712. The molecule has 1 aromatic heterocycles. The second kappa shape index (κ2) is 7.36. The van der Waals surface area contributed by atoms with Crippen molar-refractivity contribution in [3.05, 3.63) is 40.9 Å². The number of nitrogens with zero attached hydrogens (tertiary/aromatic N) is 2. The van der Waals surface area contributed by atoms with Crippen LogP contribution in [-0.4, -0.2) is 41.6 Å². The fourth-order valence-corrected chi connectivity index (χ4v) is 4.95. The number of thiazole rings is 1.